The predicted molar refractivity (Wildman–Crippen MR) is 80.6 cm³/mol. The van der Waals surface area contributed by atoms with Crippen LogP contribution in [0.4, 0.5) is 11.4 Å². The lowest BCUT2D eigenvalue weighted by atomic mass is 9.85. The van der Waals surface area contributed by atoms with E-state index in [9.17, 15) is 20.0 Å². The lowest BCUT2D eigenvalue weighted by Crippen LogP contribution is -2.40. The summed E-state index contributed by atoms with van der Waals surface area (Å²) in [6, 6.07) is 3.52. The first-order chi connectivity index (χ1) is 9.48. The Morgan fingerprint density at radius 1 is 1.43 bits per heavy atom. The van der Waals surface area contributed by atoms with Crippen molar-refractivity contribution in [3.8, 4) is 5.75 Å². The fourth-order valence-corrected chi connectivity index (χ4v) is 2.57. The Balaban J connectivity index is 0.00000220. The van der Waals surface area contributed by atoms with Crippen molar-refractivity contribution >= 4 is 29.7 Å². The molecule has 1 fully saturated rings. The molecule has 4 N–H and O–H groups in total. The third-order valence-corrected chi connectivity index (χ3v) is 3.87. The molecule has 0 radical (unpaired) electrons. The third kappa shape index (κ3) is 3.43. The number of nitrogens with two attached hydrogens (primary N) is 1. The number of nitrogens with zero attached hydrogens (tertiary/aromatic N) is 1. The van der Waals surface area contributed by atoms with Crippen molar-refractivity contribution in [1.82, 2.24) is 0 Å². The number of rotatable bonds is 4. The van der Waals surface area contributed by atoms with Crippen LogP contribution < -0.4 is 11.1 Å². The van der Waals surface area contributed by atoms with Crippen molar-refractivity contribution in [2.45, 2.75) is 25.7 Å². The van der Waals surface area contributed by atoms with Gasteiger partial charge in [-0.1, -0.05) is 12.8 Å². The van der Waals surface area contributed by atoms with Crippen molar-refractivity contribution in [3.63, 3.8) is 0 Å². The van der Waals surface area contributed by atoms with Crippen molar-refractivity contribution in [3.05, 3.63) is 28.3 Å². The number of nitro benzene ring substituents is 1. The molecule has 1 aromatic carbocycles. The van der Waals surface area contributed by atoms with Crippen LogP contribution in [0.15, 0.2) is 18.2 Å². The summed E-state index contributed by atoms with van der Waals surface area (Å²) in [5.74, 6) is -0.484. The molecule has 8 heteroatoms. The number of hydrogen-bond donors (Lipinski definition) is 3. The van der Waals surface area contributed by atoms with E-state index in [4.69, 9.17) is 5.73 Å². The van der Waals surface area contributed by atoms with Gasteiger partial charge in [0.2, 0.25) is 5.91 Å². The van der Waals surface area contributed by atoms with E-state index in [0.29, 0.717) is 12.8 Å². The molecule has 1 saturated carbocycles. The number of non-ortho nitro benzene ring substituents is 1. The molecule has 116 valence electrons. The van der Waals surface area contributed by atoms with E-state index in [1.807, 2.05) is 0 Å². The average Bonchev–Trinajstić information content (AvgIpc) is 2.91. The molecule has 0 saturated heterocycles. The smallest absolute Gasteiger partial charge is 0.271 e. The molecule has 2 rings (SSSR count). The summed E-state index contributed by atoms with van der Waals surface area (Å²) in [6.07, 6.45) is 3.27. The zero-order chi connectivity index (χ0) is 14.8. The molecule has 0 aromatic heterocycles. The highest BCUT2D eigenvalue weighted by Crippen LogP contribution is 2.39. The summed E-state index contributed by atoms with van der Waals surface area (Å²) in [5, 5.41) is 23.0. The minimum atomic E-state index is -0.628. The Bertz CT molecular complexity index is 544. The Morgan fingerprint density at radius 2 is 2.05 bits per heavy atom. The second-order valence-corrected chi connectivity index (χ2v) is 5.10. The number of hydrogen-bond acceptors (Lipinski definition) is 5. The summed E-state index contributed by atoms with van der Waals surface area (Å²) in [7, 11) is 0. The minimum absolute atomic E-state index is 0. The van der Waals surface area contributed by atoms with Crippen LogP contribution in [0, 0.1) is 15.5 Å². The number of aromatic hydroxyl groups is 1. The molecular formula is C13H18ClN3O4. The minimum Gasteiger partial charge on any atom is -0.506 e. The first-order valence-electron chi connectivity index (χ1n) is 6.47. The topological polar surface area (TPSA) is 118 Å². The van der Waals surface area contributed by atoms with Crippen molar-refractivity contribution < 1.29 is 14.8 Å². The number of carbonyl (C=O) groups excluding carboxylic acids is 1. The molecule has 1 aliphatic carbocycles. The third-order valence-electron chi connectivity index (χ3n) is 3.87. The van der Waals surface area contributed by atoms with Crippen LogP contribution >= 0.6 is 12.4 Å². The van der Waals surface area contributed by atoms with Crippen LogP contribution in [0.5, 0.6) is 5.75 Å². The molecule has 0 aliphatic heterocycles. The SMILES string of the molecule is Cl.NCC1(C(=O)Nc2cc([N+](=O)[O-])ccc2O)CCCC1. The molecule has 21 heavy (non-hydrogen) atoms. The number of phenols is 1. The molecule has 0 heterocycles. The maximum absolute atomic E-state index is 12.3. The van der Waals surface area contributed by atoms with Crippen LogP contribution in [0.1, 0.15) is 25.7 Å². The number of carbonyl (C=O) groups is 1. The van der Waals surface area contributed by atoms with E-state index in [-0.39, 0.29) is 42.0 Å². The molecule has 0 bridgehead atoms. The van der Waals surface area contributed by atoms with Crippen molar-refractivity contribution in [2.24, 2.45) is 11.1 Å². The predicted octanol–water partition coefficient (Wildman–Crippen LogP) is 2.18. The largest absolute Gasteiger partial charge is 0.506 e. The molecule has 0 atom stereocenters. The van der Waals surface area contributed by atoms with Crippen LogP contribution in [-0.2, 0) is 4.79 Å². The zero-order valence-corrected chi connectivity index (χ0v) is 12.2. The summed E-state index contributed by atoms with van der Waals surface area (Å²) < 4.78 is 0. The van der Waals surface area contributed by atoms with Gasteiger partial charge in [0, 0.05) is 18.7 Å². The molecule has 1 aliphatic rings. The van der Waals surface area contributed by atoms with Gasteiger partial charge in [0.25, 0.3) is 5.69 Å². The van der Waals surface area contributed by atoms with E-state index >= 15 is 0 Å². The molecule has 1 amide bonds. The Morgan fingerprint density at radius 3 is 2.57 bits per heavy atom. The van der Waals surface area contributed by atoms with Gasteiger partial charge in [0.1, 0.15) is 5.75 Å². The van der Waals surface area contributed by atoms with Gasteiger partial charge < -0.3 is 16.2 Å². The van der Waals surface area contributed by atoms with Gasteiger partial charge in [-0.25, -0.2) is 0 Å². The number of phenolic OH excluding ortho intramolecular Hbond substituents is 1. The maximum atomic E-state index is 12.3. The van der Waals surface area contributed by atoms with Crippen LogP contribution in [0.2, 0.25) is 0 Å². The first kappa shape index (κ1) is 17.2. The van der Waals surface area contributed by atoms with Crippen LogP contribution in [-0.4, -0.2) is 22.5 Å². The van der Waals surface area contributed by atoms with Crippen molar-refractivity contribution in [2.75, 3.05) is 11.9 Å². The van der Waals surface area contributed by atoms with E-state index in [2.05, 4.69) is 5.32 Å². The van der Waals surface area contributed by atoms with E-state index in [0.717, 1.165) is 18.9 Å². The van der Waals surface area contributed by atoms with Gasteiger partial charge in [0.05, 0.1) is 16.0 Å². The fourth-order valence-electron chi connectivity index (χ4n) is 2.57. The Kier molecular flexibility index (Phi) is 5.51. The Hall–Kier alpha value is -1.86. The molecular weight excluding hydrogens is 298 g/mol. The van der Waals surface area contributed by atoms with Gasteiger partial charge in [-0.3, -0.25) is 14.9 Å². The van der Waals surface area contributed by atoms with E-state index in [1.165, 1.54) is 12.1 Å². The summed E-state index contributed by atoms with van der Waals surface area (Å²) >= 11 is 0. The highest BCUT2D eigenvalue weighted by atomic mass is 35.5. The maximum Gasteiger partial charge on any atom is 0.271 e. The normalized spacial score (nSPS) is 16.0. The second-order valence-electron chi connectivity index (χ2n) is 5.10. The van der Waals surface area contributed by atoms with Gasteiger partial charge in [-0.05, 0) is 18.9 Å². The summed E-state index contributed by atoms with van der Waals surface area (Å²) in [5.41, 5.74) is 4.94. The highest BCUT2D eigenvalue weighted by Gasteiger charge is 2.40. The first-order valence-corrected chi connectivity index (χ1v) is 6.47. The number of anilines is 1. The molecule has 1 aromatic rings. The van der Waals surface area contributed by atoms with E-state index < -0.39 is 10.3 Å². The highest BCUT2D eigenvalue weighted by molar-refractivity contribution is 5.97. The van der Waals surface area contributed by atoms with Crippen LogP contribution in [0.25, 0.3) is 0 Å². The number of nitrogens with one attached hydrogen (secondary N) is 1. The number of benzene rings is 1. The second kappa shape index (κ2) is 6.73. The number of amides is 1. The lowest BCUT2D eigenvalue weighted by molar-refractivity contribution is -0.384. The lowest BCUT2D eigenvalue weighted by Gasteiger charge is -2.25. The Labute approximate surface area is 128 Å². The average molecular weight is 316 g/mol. The van der Waals surface area contributed by atoms with Gasteiger partial charge in [-0.2, -0.15) is 0 Å². The van der Waals surface area contributed by atoms with E-state index in [1.54, 1.807) is 0 Å². The van der Waals surface area contributed by atoms with Gasteiger partial charge in [-0.15, -0.1) is 12.4 Å². The summed E-state index contributed by atoms with van der Waals surface area (Å²) in [6.45, 7) is 0.231. The number of halogens is 1. The van der Waals surface area contributed by atoms with Crippen molar-refractivity contribution in [1.29, 1.82) is 0 Å². The monoisotopic (exact) mass is 315 g/mol. The van der Waals surface area contributed by atoms with Gasteiger partial charge in [0.15, 0.2) is 0 Å². The zero-order valence-electron chi connectivity index (χ0n) is 11.4. The van der Waals surface area contributed by atoms with Crippen LogP contribution in [0.3, 0.4) is 0 Å². The quantitative estimate of drug-likeness (QED) is 0.447. The van der Waals surface area contributed by atoms with Gasteiger partial charge >= 0.3 is 0 Å². The summed E-state index contributed by atoms with van der Waals surface area (Å²) in [4.78, 5) is 22.5. The number of nitro groups is 1. The molecule has 0 spiro atoms. The molecule has 0 unspecified atom stereocenters. The standard InChI is InChI=1S/C13H17N3O4.ClH/c14-8-13(5-1-2-6-13)12(18)15-10-7-9(16(19)20)3-4-11(10)17;/h3-4,7,17H,1-2,5-6,8,14H2,(H,15,18);1H. The fraction of sp³-hybridized carbons (Fsp3) is 0.462. The molecule has 7 nitrogen and oxygen atoms in total.